The number of pyridine rings is 1. The van der Waals surface area contributed by atoms with Crippen LogP contribution in [0.2, 0.25) is 0 Å². The van der Waals surface area contributed by atoms with Gasteiger partial charge in [0.2, 0.25) is 0 Å². The van der Waals surface area contributed by atoms with Gasteiger partial charge in [-0.3, -0.25) is 9.78 Å². The lowest BCUT2D eigenvalue weighted by atomic mass is 10.1. The number of hydrogen-bond acceptors (Lipinski definition) is 3. The number of rotatable bonds is 2. The highest BCUT2D eigenvalue weighted by atomic mass is 16.2. The minimum absolute atomic E-state index is 0.166. The van der Waals surface area contributed by atoms with Gasteiger partial charge in [0.1, 0.15) is 11.8 Å². The molecule has 3 aromatic rings. The molecule has 0 N–H and O–H groups in total. The highest BCUT2D eigenvalue weighted by molar-refractivity contribution is 6.09. The number of carbonyl (C=O) groups excluding carboxylic acids is 1. The SMILES string of the molecule is CN(C(=O)c1cc(C#N)cn1C)c1cccc2ncccc12. The second-order valence-corrected chi connectivity index (χ2v) is 5.05. The zero-order valence-electron chi connectivity index (χ0n) is 12.3. The molecule has 108 valence electrons. The van der Waals surface area contributed by atoms with Gasteiger partial charge in [0.25, 0.3) is 5.91 Å². The Bertz CT molecular complexity index is 899. The van der Waals surface area contributed by atoms with Gasteiger partial charge in [0.05, 0.1) is 16.8 Å². The van der Waals surface area contributed by atoms with Crippen molar-refractivity contribution in [2.45, 2.75) is 0 Å². The number of benzene rings is 1. The van der Waals surface area contributed by atoms with E-state index < -0.39 is 0 Å². The summed E-state index contributed by atoms with van der Waals surface area (Å²) in [7, 11) is 3.48. The summed E-state index contributed by atoms with van der Waals surface area (Å²) in [5, 5.41) is 9.87. The van der Waals surface area contributed by atoms with Crippen molar-refractivity contribution in [2.75, 3.05) is 11.9 Å². The molecule has 5 heteroatoms. The van der Waals surface area contributed by atoms with E-state index in [1.54, 1.807) is 42.0 Å². The second kappa shape index (κ2) is 5.34. The van der Waals surface area contributed by atoms with Crippen LogP contribution in [0.3, 0.4) is 0 Å². The van der Waals surface area contributed by atoms with Gasteiger partial charge in [-0.1, -0.05) is 6.07 Å². The Morgan fingerprint density at radius 1 is 1.32 bits per heavy atom. The molecule has 2 aromatic heterocycles. The molecule has 0 spiro atoms. The molecular weight excluding hydrogens is 276 g/mol. The number of amides is 1. The monoisotopic (exact) mass is 290 g/mol. The first-order valence-electron chi connectivity index (χ1n) is 6.80. The summed E-state index contributed by atoms with van der Waals surface area (Å²) >= 11 is 0. The first-order chi connectivity index (χ1) is 10.6. The number of nitrogens with zero attached hydrogens (tertiary/aromatic N) is 4. The number of anilines is 1. The smallest absolute Gasteiger partial charge is 0.274 e. The van der Waals surface area contributed by atoms with E-state index in [0.29, 0.717) is 11.3 Å². The van der Waals surface area contributed by atoms with Gasteiger partial charge < -0.3 is 9.47 Å². The molecule has 0 saturated heterocycles. The van der Waals surface area contributed by atoms with Crippen molar-refractivity contribution in [3.63, 3.8) is 0 Å². The number of nitriles is 1. The normalized spacial score (nSPS) is 10.4. The molecule has 3 rings (SSSR count). The van der Waals surface area contributed by atoms with Crippen LogP contribution in [0.25, 0.3) is 10.9 Å². The average Bonchev–Trinajstić information content (AvgIpc) is 2.94. The van der Waals surface area contributed by atoms with E-state index in [2.05, 4.69) is 4.98 Å². The molecule has 0 aliphatic carbocycles. The third kappa shape index (κ3) is 2.21. The maximum absolute atomic E-state index is 12.7. The first kappa shape index (κ1) is 13.8. The average molecular weight is 290 g/mol. The lowest BCUT2D eigenvalue weighted by molar-refractivity contribution is 0.0985. The van der Waals surface area contributed by atoms with Gasteiger partial charge in [-0.05, 0) is 30.3 Å². The zero-order chi connectivity index (χ0) is 15.7. The Hall–Kier alpha value is -3.13. The Balaban J connectivity index is 2.05. The summed E-state index contributed by atoms with van der Waals surface area (Å²) in [6.07, 6.45) is 3.37. The highest BCUT2D eigenvalue weighted by Gasteiger charge is 2.19. The first-order valence-corrected chi connectivity index (χ1v) is 6.80. The molecule has 5 nitrogen and oxygen atoms in total. The van der Waals surface area contributed by atoms with Crippen LogP contribution in [0, 0.1) is 11.3 Å². The number of hydrogen-bond donors (Lipinski definition) is 0. The van der Waals surface area contributed by atoms with Crippen molar-refractivity contribution >= 4 is 22.5 Å². The number of aromatic nitrogens is 2. The van der Waals surface area contributed by atoms with Gasteiger partial charge in [-0.25, -0.2) is 0 Å². The van der Waals surface area contributed by atoms with Crippen molar-refractivity contribution in [3.8, 4) is 6.07 Å². The number of carbonyl (C=O) groups is 1. The molecule has 0 radical (unpaired) electrons. The van der Waals surface area contributed by atoms with Crippen LogP contribution in [0.5, 0.6) is 0 Å². The summed E-state index contributed by atoms with van der Waals surface area (Å²) in [6.45, 7) is 0. The van der Waals surface area contributed by atoms with Crippen molar-refractivity contribution in [1.29, 1.82) is 5.26 Å². The minimum Gasteiger partial charge on any atom is -0.345 e. The maximum atomic E-state index is 12.7. The fourth-order valence-corrected chi connectivity index (χ4v) is 2.50. The largest absolute Gasteiger partial charge is 0.345 e. The zero-order valence-corrected chi connectivity index (χ0v) is 12.3. The van der Waals surface area contributed by atoms with E-state index in [1.165, 1.54) is 0 Å². The van der Waals surface area contributed by atoms with Crippen LogP contribution in [0.4, 0.5) is 5.69 Å². The lowest BCUT2D eigenvalue weighted by Crippen LogP contribution is -2.28. The lowest BCUT2D eigenvalue weighted by Gasteiger charge is -2.19. The molecule has 1 amide bonds. The van der Waals surface area contributed by atoms with Crippen LogP contribution < -0.4 is 4.90 Å². The molecule has 0 bridgehead atoms. The molecule has 2 heterocycles. The predicted molar refractivity (Wildman–Crippen MR) is 84.6 cm³/mol. The van der Waals surface area contributed by atoms with E-state index >= 15 is 0 Å². The molecule has 0 unspecified atom stereocenters. The Kier molecular flexibility index (Phi) is 3.36. The Morgan fingerprint density at radius 2 is 2.14 bits per heavy atom. The minimum atomic E-state index is -0.166. The van der Waals surface area contributed by atoms with Crippen LogP contribution in [-0.4, -0.2) is 22.5 Å². The standard InChI is InChI=1S/C17H14N4O/c1-20-11-12(10-18)9-16(20)17(22)21(2)15-7-3-6-14-13(15)5-4-8-19-14/h3-9,11H,1-2H3. The summed E-state index contributed by atoms with van der Waals surface area (Å²) < 4.78 is 1.67. The Morgan fingerprint density at radius 3 is 2.86 bits per heavy atom. The molecule has 1 aromatic carbocycles. The van der Waals surface area contributed by atoms with E-state index in [9.17, 15) is 4.79 Å². The van der Waals surface area contributed by atoms with E-state index in [4.69, 9.17) is 5.26 Å². The summed E-state index contributed by atoms with van der Waals surface area (Å²) in [5.74, 6) is -0.166. The molecule has 0 atom stereocenters. The fraction of sp³-hybridized carbons (Fsp3) is 0.118. The fourth-order valence-electron chi connectivity index (χ4n) is 2.50. The van der Waals surface area contributed by atoms with E-state index in [-0.39, 0.29) is 5.91 Å². The summed E-state index contributed by atoms with van der Waals surface area (Å²) in [4.78, 5) is 18.6. The van der Waals surface area contributed by atoms with Gasteiger partial charge in [0.15, 0.2) is 0 Å². The van der Waals surface area contributed by atoms with E-state index in [0.717, 1.165) is 16.6 Å². The van der Waals surface area contributed by atoms with Crippen LogP contribution >= 0.6 is 0 Å². The van der Waals surface area contributed by atoms with Crippen molar-refractivity contribution in [3.05, 3.63) is 60.0 Å². The van der Waals surface area contributed by atoms with Gasteiger partial charge in [0, 0.05) is 31.9 Å². The highest BCUT2D eigenvalue weighted by Crippen LogP contribution is 2.25. The number of fused-ring (bicyclic) bond motifs is 1. The van der Waals surface area contributed by atoms with Crippen molar-refractivity contribution in [2.24, 2.45) is 7.05 Å². The third-order valence-electron chi connectivity index (χ3n) is 3.64. The summed E-state index contributed by atoms with van der Waals surface area (Å²) in [5.41, 5.74) is 2.57. The maximum Gasteiger partial charge on any atom is 0.274 e. The van der Waals surface area contributed by atoms with Crippen molar-refractivity contribution < 1.29 is 4.79 Å². The van der Waals surface area contributed by atoms with Crippen LogP contribution in [-0.2, 0) is 7.05 Å². The van der Waals surface area contributed by atoms with Gasteiger partial charge in [-0.15, -0.1) is 0 Å². The van der Waals surface area contributed by atoms with Gasteiger partial charge >= 0.3 is 0 Å². The van der Waals surface area contributed by atoms with Gasteiger partial charge in [-0.2, -0.15) is 5.26 Å². The summed E-state index contributed by atoms with van der Waals surface area (Å²) in [6, 6.07) is 13.1. The van der Waals surface area contributed by atoms with Crippen LogP contribution in [0.1, 0.15) is 16.1 Å². The molecule has 0 aliphatic rings. The molecule has 0 saturated carbocycles. The van der Waals surface area contributed by atoms with E-state index in [1.807, 2.05) is 36.4 Å². The molecule has 0 fully saturated rings. The van der Waals surface area contributed by atoms with Crippen molar-refractivity contribution in [1.82, 2.24) is 9.55 Å². The molecule has 22 heavy (non-hydrogen) atoms. The predicted octanol–water partition coefficient (Wildman–Crippen LogP) is 2.72. The number of aryl methyl sites for hydroxylation is 1. The quantitative estimate of drug-likeness (QED) is 0.729. The molecular formula is C17H14N4O. The van der Waals surface area contributed by atoms with Crippen LogP contribution in [0.15, 0.2) is 48.8 Å². The second-order valence-electron chi connectivity index (χ2n) is 5.05. The third-order valence-corrected chi connectivity index (χ3v) is 3.64. The molecule has 0 aliphatic heterocycles. The Labute approximate surface area is 128 Å². The topological polar surface area (TPSA) is 61.9 Å².